The Labute approximate surface area is 167 Å². The van der Waals surface area contributed by atoms with Crippen LogP contribution in [0.15, 0.2) is 6.07 Å². The van der Waals surface area contributed by atoms with Crippen molar-refractivity contribution in [3.63, 3.8) is 0 Å². The fourth-order valence-corrected chi connectivity index (χ4v) is 4.70. The molecule has 1 aromatic heterocycles. The summed E-state index contributed by atoms with van der Waals surface area (Å²) < 4.78 is 5.61. The predicted octanol–water partition coefficient (Wildman–Crippen LogP) is 2.01. The minimum Gasteiger partial charge on any atom is -0.381 e. The van der Waals surface area contributed by atoms with Gasteiger partial charge in [-0.25, -0.2) is 9.97 Å². The van der Waals surface area contributed by atoms with Gasteiger partial charge in [-0.3, -0.25) is 4.79 Å². The van der Waals surface area contributed by atoms with Crippen LogP contribution in [0.3, 0.4) is 0 Å². The quantitative estimate of drug-likeness (QED) is 0.805. The van der Waals surface area contributed by atoms with E-state index in [1.54, 1.807) is 6.07 Å². The number of ether oxygens (including phenoxy) is 1. The highest BCUT2D eigenvalue weighted by Gasteiger charge is 2.35. The van der Waals surface area contributed by atoms with Crippen molar-refractivity contribution >= 4 is 11.9 Å². The molecule has 1 aromatic rings. The van der Waals surface area contributed by atoms with Crippen LogP contribution < -0.4 is 10.2 Å². The number of rotatable bonds is 6. The number of aromatic nitrogens is 2. The molecule has 3 fully saturated rings. The van der Waals surface area contributed by atoms with Gasteiger partial charge in [0.25, 0.3) is 5.91 Å². The molecule has 154 valence electrons. The number of aryl methyl sites for hydroxylation is 1. The zero-order valence-electron chi connectivity index (χ0n) is 17.1. The molecule has 0 spiro atoms. The van der Waals surface area contributed by atoms with Crippen LogP contribution in [0.25, 0.3) is 0 Å². The summed E-state index contributed by atoms with van der Waals surface area (Å²) in [5.41, 5.74) is 1.44. The van der Waals surface area contributed by atoms with Crippen molar-refractivity contribution in [3.05, 3.63) is 17.5 Å². The van der Waals surface area contributed by atoms with Gasteiger partial charge < -0.3 is 19.9 Å². The molecule has 0 bridgehead atoms. The third-order valence-electron chi connectivity index (χ3n) is 6.40. The van der Waals surface area contributed by atoms with E-state index >= 15 is 0 Å². The number of carbonyl (C=O) groups is 1. The third kappa shape index (κ3) is 4.63. The monoisotopic (exact) mass is 387 g/mol. The normalized spacial score (nSPS) is 22.5. The Hall–Kier alpha value is -1.73. The summed E-state index contributed by atoms with van der Waals surface area (Å²) in [7, 11) is 0. The summed E-state index contributed by atoms with van der Waals surface area (Å²) in [6, 6.07) is 1.80. The van der Waals surface area contributed by atoms with E-state index in [1.165, 1.54) is 38.8 Å². The van der Waals surface area contributed by atoms with Crippen molar-refractivity contribution in [1.82, 2.24) is 20.2 Å². The van der Waals surface area contributed by atoms with Crippen molar-refractivity contribution in [3.8, 4) is 0 Å². The van der Waals surface area contributed by atoms with E-state index in [-0.39, 0.29) is 11.3 Å². The number of amides is 1. The highest BCUT2D eigenvalue weighted by atomic mass is 16.5. The molecule has 0 saturated carbocycles. The van der Waals surface area contributed by atoms with Gasteiger partial charge in [-0.2, -0.15) is 0 Å². The molecule has 3 aliphatic heterocycles. The van der Waals surface area contributed by atoms with Crippen molar-refractivity contribution in [2.45, 2.75) is 45.4 Å². The lowest BCUT2D eigenvalue weighted by atomic mass is 9.79. The van der Waals surface area contributed by atoms with E-state index < -0.39 is 0 Å². The van der Waals surface area contributed by atoms with Crippen LogP contribution in [0.1, 0.15) is 54.7 Å². The van der Waals surface area contributed by atoms with Gasteiger partial charge in [0.05, 0.1) is 0 Å². The third-order valence-corrected chi connectivity index (χ3v) is 6.40. The van der Waals surface area contributed by atoms with Gasteiger partial charge in [0.15, 0.2) is 0 Å². The maximum atomic E-state index is 12.9. The molecular formula is C21H33N5O2. The second-order valence-electron chi connectivity index (χ2n) is 8.67. The predicted molar refractivity (Wildman–Crippen MR) is 109 cm³/mol. The van der Waals surface area contributed by atoms with Crippen molar-refractivity contribution < 1.29 is 9.53 Å². The highest BCUT2D eigenvalue weighted by molar-refractivity contribution is 5.92. The first kappa shape index (κ1) is 19.6. The summed E-state index contributed by atoms with van der Waals surface area (Å²) in [5, 5.41) is 3.20. The van der Waals surface area contributed by atoms with Gasteiger partial charge in [0, 0.05) is 50.5 Å². The minimum atomic E-state index is -0.0850. The number of hydrogen-bond donors (Lipinski definition) is 1. The van der Waals surface area contributed by atoms with E-state index in [0.29, 0.717) is 18.2 Å². The first-order chi connectivity index (χ1) is 13.6. The topological polar surface area (TPSA) is 70.6 Å². The number of nitrogens with zero attached hydrogens (tertiary/aromatic N) is 4. The second-order valence-corrected chi connectivity index (χ2v) is 8.67. The maximum absolute atomic E-state index is 12.9. The standard InChI is InChI=1S/C21H33N5O2/c1-17-14-18(24-20(23-17)26-10-4-5-11-26)19(27)22-15-21(6-12-28-13-7-21)16-25-8-2-3-9-25/h14H,2-13,15-16H2,1H3,(H,22,27). The number of nitrogens with one attached hydrogen (secondary N) is 1. The lowest BCUT2D eigenvalue weighted by Gasteiger charge is -2.40. The Kier molecular flexibility index (Phi) is 6.11. The summed E-state index contributed by atoms with van der Waals surface area (Å²) in [4.78, 5) is 26.8. The molecule has 1 N–H and O–H groups in total. The molecular weight excluding hydrogens is 354 g/mol. The van der Waals surface area contributed by atoms with Gasteiger partial charge in [0.2, 0.25) is 5.95 Å². The first-order valence-electron chi connectivity index (χ1n) is 10.8. The van der Waals surface area contributed by atoms with Crippen LogP contribution >= 0.6 is 0 Å². The Morgan fingerprint density at radius 2 is 1.79 bits per heavy atom. The maximum Gasteiger partial charge on any atom is 0.270 e. The van der Waals surface area contributed by atoms with E-state index in [4.69, 9.17) is 4.74 Å². The average molecular weight is 388 g/mol. The van der Waals surface area contributed by atoms with Gasteiger partial charge in [-0.05, 0) is 64.6 Å². The summed E-state index contributed by atoms with van der Waals surface area (Å²) in [6.45, 7) is 9.57. The Morgan fingerprint density at radius 1 is 1.11 bits per heavy atom. The highest BCUT2D eigenvalue weighted by Crippen LogP contribution is 2.32. The van der Waals surface area contributed by atoms with Crippen LogP contribution in [0, 0.1) is 12.3 Å². The summed E-state index contributed by atoms with van der Waals surface area (Å²) in [5.74, 6) is 0.610. The summed E-state index contributed by atoms with van der Waals surface area (Å²) in [6.07, 6.45) is 6.92. The van der Waals surface area contributed by atoms with Gasteiger partial charge in [-0.1, -0.05) is 0 Å². The first-order valence-corrected chi connectivity index (χ1v) is 10.8. The van der Waals surface area contributed by atoms with Crippen molar-refractivity contribution in [1.29, 1.82) is 0 Å². The van der Waals surface area contributed by atoms with Gasteiger partial charge in [-0.15, -0.1) is 0 Å². The molecule has 4 rings (SSSR count). The SMILES string of the molecule is Cc1cc(C(=O)NCC2(CN3CCCC3)CCOCC2)nc(N2CCCC2)n1. The molecule has 3 aliphatic rings. The molecule has 0 radical (unpaired) electrons. The lowest BCUT2D eigenvalue weighted by molar-refractivity contribution is -0.000653. The Morgan fingerprint density at radius 3 is 2.50 bits per heavy atom. The van der Waals surface area contributed by atoms with Crippen molar-refractivity contribution in [2.75, 3.05) is 57.4 Å². The number of hydrogen-bond acceptors (Lipinski definition) is 6. The molecule has 0 aliphatic carbocycles. The molecule has 3 saturated heterocycles. The Bertz CT molecular complexity index is 677. The fraction of sp³-hybridized carbons (Fsp3) is 0.762. The zero-order valence-corrected chi connectivity index (χ0v) is 17.1. The van der Waals surface area contributed by atoms with Crippen LogP contribution in [-0.2, 0) is 4.74 Å². The van der Waals surface area contributed by atoms with Gasteiger partial charge in [0.1, 0.15) is 5.69 Å². The van der Waals surface area contributed by atoms with Crippen LogP contribution in [-0.4, -0.2) is 73.3 Å². The largest absolute Gasteiger partial charge is 0.381 e. The number of likely N-dealkylation sites (tertiary alicyclic amines) is 1. The molecule has 28 heavy (non-hydrogen) atoms. The molecule has 0 aromatic carbocycles. The van der Waals surface area contributed by atoms with E-state index in [9.17, 15) is 4.79 Å². The van der Waals surface area contributed by atoms with E-state index in [0.717, 1.165) is 51.4 Å². The number of carbonyl (C=O) groups excluding carboxylic acids is 1. The molecule has 1 amide bonds. The van der Waals surface area contributed by atoms with E-state index in [1.807, 2.05) is 6.92 Å². The molecule has 7 nitrogen and oxygen atoms in total. The molecule has 4 heterocycles. The smallest absolute Gasteiger partial charge is 0.270 e. The zero-order chi connectivity index (χ0) is 19.4. The molecule has 0 atom stereocenters. The molecule has 0 unspecified atom stereocenters. The summed E-state index contributed by atoms with van der Waals surface area (Å²) >= 11 is 0. The Balaban J connectivity index is 1.43. The van der Waals surface area contributed by atoms with Crippen LogP contribution in [0.4, 0.5) is 5.95 Å². The number of anilines is 1. The van der Waals surface area contributed by atoms with Crippen LogP contribution in [0.5, 0.6) is 0 Å². The van der Waals surface area contributed by atoms with E-state index in [2.05, 4.69) is 25.1 Å². The lowest BCUT2D eigenvalue weighted by Crippen LogP contribution is -2.48. The van der Waals surface area contributed by atoms with Crippen LogP contribution in [0.2, 0.25) is 0 Å². The average Bonchev–Trinajstić information content (AvgIpc) is 3.40. The second kappa shape index (κ2) is 8.74. The fourth-order valence-electron chi connectivity index (χ4n) is 4.70. The van der Waals surface area contributed by atoms with Crippen molar-refractivity contribution in [2.24, 2.45) is 5.41 Å². The molecule has 7 heteroatoms. The van der Waals surface area contributed by atoms with Gasteiger partial charge >= 0.3 is 0 Å². The minimum absolute atomic E-state index is 0.0850.